The van der Waals surface area contributed by atoms with Crippen molar-refractivity contribution in [3.63, 3.8) is 0 Å². The Balaban J connectivity index is 2.36. The Morgan fingerprint density at radius 1 is 1.12 bits per heavy atom. The quantitative estimate of drug-likeness (QED) is 0.871. The number of nitrogens with zero attached hydrogens (tertiary/aromatic N) is 2. The molecule has 3 nitrogen and oxygen atoms in total. The van der Waals surface area contributed by atoms with Crippen molar-refractivity contribution in [1.82, 2.24) is 15.3 Å². The molecule has 1 unspecified atom stereocenters. The second-order valence-corrected chi connectivity index (χ2v) is 5.53. The minimum atomic E-state index is 0.367. The summed E-state index contributed by atoms with van der Waals surface area (Å²) >= 11 is 0. The molecule has 2 rings (SSSR count). The van der Waals surface area contributed by atoms with Crippen LogP contribution in [0, 0.1) is 0 Å². The van der Waals surface area contributed by atoms with Gasteiger partial charge in [0.1, 0.15) is 5.82 Å². The molecule has 94 valence electrons. The molecule has 1 aliphatic rings. The predicted molar refractivity (Wildman–Crippen MR) is 70.2 cm³/mol. The zero-order valence-electron chi connectivity index (χ0n) is 11.3. The first kappa shape index (κ1) is 12.5. The summed E-state index contributed by atoms with van der Waals surface area (Å²) in [7, 11) is 0. The van der Waals surface area contributed by atoms with E-state index in [0.717, 1.165) is 12.4 Å². The van der Waals surface area contributed by atoms with Gasteiger partial charge in [-0.25, -0.2) is 9.97 Å². The van der Waals surface area contributed by atoms with Gasteiger partial charge in [-0.15, -0.1) is 0 Å². The molecule has 1 saturated heterocycles. The van der Waals surface area contributed by atoms with Gasteiger partial charge in [-0.1, -0.05) is 27.7 Å². The van der Waals surface area contributed by atoms with E-state index < -0.39 is 0 Å². The number of aromatic nitrogens is 2. The Morgan fingerprint density at radius 3 is 2.12 bits per heavy atom. The highest BCUT2D eigenvalue weighted by atomic mass is 15.0. The maximum atomic E-state index is 4.72. The van der Waals surface area contributed by atoms with Gasteiger partial charge in [0.05, 0.1) is 6.04 Å². The lowest BCUT2D eigenvalue weighted by atomic mass is 10.0. The molecule has 1 aliphatic heterocycles. The summed E-state index contributed by atoms with van der Waals surface area (Å²) in [6.45, 7) is 9.87. The average Bonchev–Trinajstić information content (AvgIpc) is 2.81. The van der Waals surface area contributed by atoms with E-state index in [9.17, 15) is 0 Å². The van der Waals surface area contributed by atoms with Gasteiger partial charge in [-0.3, -0.25) is 0 Å². The number of hydrogen-bond acceptors (Lipinski definition) is 3. The molecular formula is C14H23N3. The molecule has 1 aromatic rings. The highest BCUT2D eigenvalue weighted by Crippen LogP contribution is 2.24. The van der Waals surface area contributed by atoms with Gasteiger partial charge in [0.25, 0.3) is 0 Å². The van der Waals surface area contributed by atoms with Crippen LogP contribution in [0.2, 0.25) is 0 Å². The van der Waals surface area contributed by atoms with Crippen LogP contribution in [0.4, 0.5) is 0 Å². The van der Waals surface area contributed by atoms with Crippen LogP contribution in [0.5, 0.6) is 0 Å². The second-order valence-electron chi connectivity index (χ2n) is 5.53. The zero-order chi connectivity index (χ0) is 12.4. The van der Waals surface area contributed by atoms with Crippen molar-refractivity contribution in [3.8, 4) is 0 Å². The Bertz CT molecular complexity index is 353. The van der Waals surface area contributed by atoms with Gasteiger partial charge in [0, 0.05) is 11.4 Å². The highest BCUT2D eigenvalue weighted by Gasteiger charge is 2.21. The van der Waals surface area contributed by atoms with Crippen molar-refractivity contribution < 1.29 is 0 Å². The third-order valence-corrected chi connectivity index (χ3v) is 3.34. The molecule has 1 atom stereocenters. The summed E-state index contributed by atoms with van der Waals surface area (Å²) in [5.41, 5.74) is 2.35. The maximum absolute atomic E-state index is 4.72. The molecule has 3 heteroatoms. The first-order chi connectivity index (χ1) is 8.08. The van der Waals surface area contributed by atoms with Crippen LogP contribution < -0.4 is 5.32 Å². The van der Waals surface area contributed by atoms with Gasteiger partial charge in [0.15, 0.2) is 0 Å². The summed E-state index contributed by atoms with van der Waals surface area (Å²) in [5.74, 6) is 1.93. The molecule has 0 aliphatic carbocycles. The van der Waals surface area contributed by atoms with Gasteiger partial charge in [-0.2, -0.15) is 0 Å². The van der Waals surface area contributed by atoms with Crippen LogP contribution in [-0.4, -0.2) is 16.5 Å². The normalized spacial score (nSPS) is 20.5. The lowest BCUT2D eigenvalue weighted by Gasteiger charge is -2.15. The fraction of sp³-hybridized carbons (Fsp3) is 0.714. The third-order valence-electron chi connectivity index (χ3n) is 3.34. The molecule has 0 amide bonds. The van der Waals surface area contributed by atoms with Crippen LogP contribution in [0.25, 0.3) is 0 Å². The second kappa shape index (κ2) is 5.13. The number of rotatable bonds is 3. The van der Waals surface area contributed by atoms with Crippen LogP contribution in [0.3, 0.4) is 0 Å². The van der Waals surface area contributed by atoms with E-state index >= 15 is 0 Å². The molecule has 0 spiro atoms. The van der Waals surface area contributed by atoms with Crippen molar-refractivity contribution in [2.24, 2.45) is 0 Å². The van der Waals surface area contributed by atoms with E-state index in [1.807, 2.05) is 0 Å². The van der Waals surface area contributed by atoms with Crippen LogP contribution in [0.1, 0.15) is 75.6 Å². The van der Waals surface area contributed by atoms with Gasteiger partial charge < -0.3 is 5.32 Å². The smallest absolute Gasteiger partial charge is 0.145 e. The van der Waals surface area contributed by atoms with E-state index in [0.29, 0.717) is 17.9 Å². The summed E-state index contributed by atoms with van der Waals surface area (Å²) in [6.07, 6.45) is 2.40. The highest BCUT2D eigenvalue weighted by molar-refractivity contribution is 5.18. The molecule has 0 radical (unpaired) electrons. The molecule has 2 heterocycles. The minimum absolute atomic E-state index is 0.367. The third kappa shape index (κ3) is 2.83. The Morgan fingerprint density at radius 2 is 1.71 bits per heavy atom. The molecule has 0 saturated carbocycles. The minimum Gasteiger partial charge on any atom is -0.307 e. The van der Waals surface area contributed by atoms with Gasteiger partial charge in [0.2, 0.25) is 0 Å². The SMILES string of the molecule is CC(C)c1cc(C(C)C)nc(C2CCCN2)n1. The van der Waals surface area contributed by atoms with Crippen molar-refractivity contribution in [3.05, 3.63) is 23.3 Å². The van der Waals surface area contributed by atoms with Crippen LogP contribution >= 0.6 is 0 Å². The largest absolute Gasteiger partial charge is 0.307 e. The van der Waals surface area contributed by atoms with Crippen molar-refractivity contribution in [2.45, 2.75) is 58.4 Å². The Labute approximate surface area is 104 Å². The first-order valence-electron chi connectivity index (χ1n) is 6.70. The van der Waals surface area contributed by atoms with Gasteiger partial charge >= 0.3 is 0 Å². The van der Waals surface area contributed by atoms with E-state index in [2.05, 4.69) is 39.1 Å². The van der Waals surface area contributed by atoms with Crippen molar-refractivity contribution in [2.75, 3.05) is 6.54 Å². The van der Waals surface area contributed by atoms with E-state index in [1.54, 1.807) is 0 Å². The summed E-state index contributed by atoms with van der Waals surface area (Å²) in [4.78, 5) is 9.45. The molecule has 0 bridgehead atoms. The lowest BCUT2D eigenvalue weighted by Crippen LogP contribution is -2.18. The predicted octanol–water partition coefficient (Wildman–Crippen LogP) is 3.15. The van der Waals surface area contributed by atoms with Crippen LogP contribution in [0.15, 0.2) is 6.07 Å². The van der Waals surface area contributed by atoms with E-state index in [4.69, 9.17) is 9.97 Å². The molecular weight excluding hydrogens is 210 g/mol. The summed E-state index contributed by atoms with van der Waals surface area (Å²) in [5, 5.41) is 3.48. The zero-order valence-corrected chi connectivity index (χ0v) is 11.3. The topological polar surface area (TPSA) is 37.8 Å². The monoisotopic (exact) mass is 233 g/mol. The fourth-order valence-electron chi connectivity index (χ4n) is 2.16. The number of nitrogens with one attached hydrogen (secondary N) is 1. The lowest BCUT2D eigenvalue weighted by molar-refractivity contribution is 0.586. The maximum Gasteiger partial charge on any atom is 0.145 e. The number of hydrogen-bond donors (Lipinski definition) is 1. The summed E-state index contributed by atoms with van der Waals surface area (Å²) in [6, 6.07) is 2.53. The Kier molecular flexibility index (Phi) is 3.77. The van der Waals surface area contributed by atoms with Crippen molar-refractivity contribution >= 4 is 0 Å². The van der Waals surface area contributed by atoms with Crippen LogP contribution in [-0.2, 0) is 0 Å². The van der Waals surface area contributed by atoms with E-state index in [-0.39, 0.29) is 0 Å². The molecule has 17 heavy (non-hydrogen) atoms. The van der Waals surface area contributed by atoms with Gasteiger partial charge in [-0.05, 0) is 37.3 Å². The van der Waals surface area contributed by atoms with Crippen molar-refractivity contribution in [1.29, 1.82) is 0 Å². The average molecular weight is 233 g/mol. The molecule has 1 fully saturated rings. The summed E-state index contributed by atoms with van der Waals surface area (Å²) < 4.78 is 0. The fourth-order valence-corrected chi connectivity index (χ4v) is 2.16. The van der Waals surface area contributed by atoms with E-state index in [1.165, 1.54) is 24.2 Å². The first-order valence-corrected chi connectivity index (χ1v) is 6.70. The standard InChI is InChI=1S/C14H23N3/c1-9(2)12-8-13(10(3)4)17-14(16-12)11-6-5-7-15-11/h8-11,15H,5-7H2,1-4H3. The molecule has 1 aromatic heterocycles. The molecule has 1 N–H and O–H groups in total. The molecule has 0 aromatic carbocycles. The Hall–Kier alpha value is -0.960.